The Bertz CT molecular complexity index is 981. The molecule has 0 aliphatic heterocycles. The summed E-state index contributed by atoms with van der Waals surface area (Å²) in [6.07, 6.45) is 1.31. The molecule has 6 nitrogen and oxygen atoms in total. The van der Waals surface area contributed by atoms with Gasteiger partial charge in [-0.1, -0.05) is 48.5 Å². The summed E-state index contributed by atoms with van der Waals surface area (Å²) in [5, 5.41) is 13.8. The first kappa shape index (κ1) is 17.5. The van der Waals surface area contributed by atoms with Crippen molar-refractivity contribution >= 4 is 29.4 Å². The number of carboxylic acids is 1. The van der Waals surface area contributed by atoms with Crippen LogP contribution in [0, 0.1) is 6.92 Å². The van der Waals surface area contributed by atoms with E-state index in [2.05, 4.69) is 15.5 Å². The SMILES string of the molecule is Cc1sc(-c2ccccc2)nc1C(=O)N/N=C\c1ccccc1C(=O)O. The van der Waals surface area contributed by atoms with Crippen molar-refractivity contribution in [2.45, 2.75) is 6.92 Å². The van der Waals surface area contributed by atoms with Gasteiger partial charge < -0.3 is 5.11 Å². The van der Waals surface area contributed by atoms with Crippen LogP contribution < -0.4 is 5.43 Å². The van der Waals surface area contributed by atoms with E-state index < -0.39 is 11.9 Å². The quantitative estimate of drug-likeness (QED) is 0.534. The number of aromatic nitrogens is 1. The normalized spacial score (nSPS) is 10.8. The summed E-state index contributed by atoms with van der Waals surface area (Å²) < 4.78 is 0. The fraction of sp³-hybridized carbons (Fsp3) is 0.0526. The second-order valence-electron chi connectivity index (χ2n) is 5.38. The fourth-order valence-corrected chi connectivity index (χ4v) is 3.24. The van der Waals surface area contributed by atoms with Crippen LogP contribution in [-0.2, 0) is 0 Å². The number of hydrazone groups is 1. The third kappa shape index (κ3) is 3.84. The van der Waals surface area contributed by atoms with Gasteiger partial charge in [-0.25, -0.2) is 15.2 Å². The van der Waals surface area contributed by atoms with E-state index in [4.69, 9.17) is 5.11 Å². The lowest BCUT2D eigenvalue weighted by Crippen LogP contribution is -2.19. The molecular weight excluding hydrogens is 350 g/mol. The second-order valence-corrected chi connectivity index (χ2v) is 6.58. The molecule has 0 atom stereocenters. The van der Waals surface area contributed by atoms with E-state index in [-0.39, 0.29) is 5.56 Å². The molecule has 1 aromatic heterocycles. The molecule has 7 heteroatoms. The van der Waals surface area contributed by atoms with E-state index in [1.54, 1.807) is 18.2 Å². The molecule has 1 heterocycles. The number of aryl methyl sites for hydroxylation is 1. The Kier molecular flexibility index (Phi) is 5.19. The maximum atomic E-state index is 12.3. The minimum absolute atomic E-state index is 0.113. The number of aromatic carboxylic acids is 1. The fourth-order valence-electron chi connectivity index (χ4n) is 2.33. The highest BCUT2D eigenvalue weighted by atomic mass is 32.1. The van der Waals surface area contributed by atoms with Crippen LogP contribution in [0.2, 0.25) is 0 Å². The third-order valence-corrected chi connectivity index (χ3v) is 4.61. The molecule has 26 heavy (non-hydrogen) atoms. The maximum absolute atomic E-state index is 12.3. The van der Waals surface area contributed by atoms with Crippen molar-refractivity contribution in [3.05, 3.63) is 76.3 Å². The van der Waals surface area contributed by atoms with Gasteiger partial charge in [0.05, 0.1) is 11.8 Å². The van der Waals surface area contributed by atoms with Gasteiger partial charge in [-0.2, -0.15) is 5.10 Å². The van der Waals surface area contributed by atoms with E-state index in [1.807, 2.05) is 37.3 Å². The number of thiazole rings is 1. The smallest absolute Gasteiger partial charge is 0.336 e. The van der Waals surface area contributed by atoms with Gasteiger partial charge in [0.15, 0.2) is 0 Å². The molecule has 3 aromatic rings. The molecule has 0 saturated carbocycles. The summed E-state index contributed by atoms with van der Waals surface area (Å²) in [7, 11) is 0. The molecule has 2 N–H and O–H groups in total. The lowest BCUT2D eigenvalue weighted by atomic mass is 10.1. The van der Waals surface area contributed by atoms with Crippen LogP contribution in [0.5, 0.6) is 0 Å². The number of benzene rings is 2. The predicted octanol–water partition coefficient (Wildman–Crippen LogP) is 3.58. The third-order valence-electron chi connectivity index (χ3n) is 3.59. The molecule has 0 aliphatic carbocycles. The Morgan fingerprint density at radius 2 is 1.81 bits per heavy atom. The van der Waals surface area contributed by atoms with Crippen molar-refractivity contribution in [2.75, 3.05) is 0 Å². The molecule has 0 unspecified atom stereocenters. The summed E-state index contributed by atoms with van der Waals surface area (Å²) in [5.74, 6) is -1.49. The lowest BCUT2D eigenvalue weighted by Gasteiger charge is -2.00. The van der Waals surface area contributed by atoms with Crippen LogP contribution in [0.1, 0.15) is 31.3 Å². The molecular formula is C19H15N3O3S. The van der Waals surface area contributed by atoms with Gasteiger partial charge in [-0.3, -0.25) is 4.79 Å². The molecule has 0 radical (unpaired) electrons. The maximum Gasteiger partial charge on any atom is 0.336 e. The van der Waals surface area contributed by atoms with Crippen LogP contribution in [0.15, 0.2) is 59.7 Å². The number of nitrogens with one attached hydrogen (secondary N) is 1. The first-order chi connectivity index (χ1) is 12.6. The van der Waals surface area contributed by atoms with E-state index in [0.29, 0.717) is 11.3 Å². The molecule has 0 spiro atoms. The number of carbonyl (C=O) groups excluding carboxylic acids is 1. The zero-order valence-electron chi connectivity index (χ0n) is 13.8. The summed E-state index contributed by atoms with van der Waals surface area (Å²) in [6.45, 7) is 1.82. The van der Waals surface area contributed by atoms with Gasteiger partial charge in [0.25, 0.3) is 5.91 Å². The molecule has 1 amide bonds. The van der Waals surface area contributed by atoms with Crippen LogP contribution in [0.25, 0.3) is 10.6 Å². The summed E-state index contributed by atoms with van der Waals surface area (Å²) in [5.41, 5.74) is 4.16. The van der Waals surface area contributed by atoms with Crippen LogP contribution in [-0.4, -0.2) is 28.2 Å². The molecule has 3 rings (SSSR count). The summed E-state index contributed by atoms with van der Waals surface area (Å²) in [6, 6.07) is 16.0. The van der Waals surface area contributed by atoms with E-state index in [9.17, 15) is 9.59 Å². The Morgan fingerprint density at radius 3 is 2.54 bits per heavy atom. The Hall–Kier alpha value is -3.32. The topological polar surface area (TPSA) is 91.7 Å². The largest absolute Gasteiger partial charge is 0.478 e. The van der Waals surface area contributed by atoms with Gasteiger partial charge >= 0.3 is 5.97 Å². The molecule has 0 bridgehead atoms. The molecule has 0 saturated heterocycles. The van der Waals surface area contributed by atoms with Gasteiger partial charge in [0.1, 0.15) is 10.7 Å². The molecule has 2 aromatic carbocycles. The zero-order chi connectivity index (χ0) is 18.5. The van der Waals surface area contributed by atoms with Gasteiger partial charge in [0.2, 0.25) is 0 Å². The Labute approximate surface area is 153 Å². The van der Waals surface area contributed by atoms with Crippen molar-refractivity contribution < 1.29 is 14.7 Å². The number of carboxylic acid groups (broad SMARTS) is 1. The number of carbonyl (C=O) groups is 2. The first-order valence-electron chi connectivity index (χ1n) is 7.75. The first-order valence-corrected chi connectivity index (χ1v) is 8.56. The van der Waals surface area contributed by atoms with E-state index in [1.165, 1.54) is 23.6 Å². The van der Waals surface area contributed by atoms with E-state index >= 15 is 0 Å². The highest BCUT2D eigenvalue weighted by molar-refractivity contribution is 7.15. The second kappa shape index (κ2) is 7.71. The molecule has 130 valence electrons. The number of amides is 1. The monoisotopic (exact) mass is 365 g/mol. The van der Waals surface area contributed by atoms with Crippen LogP contribution >= 0.6 is 11.3 Å². The van der Waals surface area contributed by atoms with Gasteiger partial charge in [-0.15, -0.1) is 11.3 Å². The summed E-state index contributed by atoms with van der Waals surface area (Å²) in [4.78, 5) is 28.7. The average molecular weight is 365 g/mol. The zero-order valence-corrected chi connectivity index (χ0v) is 14.7. The minimum Gasteiger partial charge on any atom is -0.478 e. The Morgan fingerprint density at radius 1 is 1.12 bits per heavy atom. The van der Waals surface area contributed by atoms with Gasteiger partial charge in [-0.05, 0) is 13.0 Å². The standard InChI is InChI=1S/C19H15N3O3S/c1-12-16(21-18(26-12)13-7-3-2-4-8-13)17(23)22-20-11-14-9-5-6-10-15(14)19(24)25/h2-11H,1H3,(H,22,23)(H,24,25)/b20-11-. The van der Waals surface area contributed by atoms with Crippen molar-refractivity contribution in [3.63, 3.8) is 0 Å². The number of hydrogen-bond acceptors (Lipinski definition) is 5. The number of rotatable bonds is 5. The summed E-state index contributed by atoms with van der Waals surface area (Å²) >= 11 is 1.43. The van der Waals surface area contributed by atoms with Crippen molar-refractivity contribution in [1.82, 2.24) is 10.4 Å². The van der Waals surface area contributed by atoms with Crippen molar-refractivity contribution in [3.8, 4) is 10.6 Å². The highest BCUT2D eigenvalue weighted by Gasteiger charge is 2.16. The minimum atomic E-state index is -1.05. The predicted molar refractivity (Wildman–Crippen MR) is 101 cm³/mol. The van der Waals surface area contributed by atoms with Crippen molar-refractivity contribution in [2.24, 2.45) is 5.10 Å². The van der Waals surface area contributed by atoms with Crippen LogP contribution in [0.4, 0.5) is 0 Å². The molecule has 0 fully saturated rings. The highest BCUT2D eigenvalue weighted by Crippen LogP contribution is 2.27. The molecule has 0 aliphatic rings. The van der Waals surface area contributed by atoms with Crippen LogP contribution in [0.3, 0.4) is 0 Å². The average Bonchev–Trinajstić information content (AvgIpc) is 3.04. The van der Waals surface area contributed by atoms with Gasteiger partial charge in [0, 0.05) is 16.0 Å². The number of nitrogens with zero attached hydrogens (tertiary/aromatic N) is 2. The Balaban J connectivity index is 1.75. The lowest BCUT2D eigenvalue weighted by molar-refractivity contribution is 0.0696. The number of hydrogen-bond donors (Lipinski definition) is 2. The van der Waals surface area contributed by atoms with E-state index in [0.717, 1.165) is 15.4 Å². The van der Waals surface area contributed by atoms with Crippen molar-refractivity contribution in [1.29, 1.82) is 0 Å².